The van der Waals surface area contributed by atoms with E-state index >= 15 is 0 Å². The number of hydrogen-bond acceptors (Lipinski definition) is 1. The van der Waals surface area contributed by atoms with E-state index < -0.39 is 0 Å². The molecule has 0 bridgehead atoms. The van der Waals surface area contributed by atoms with Crippen molar-refractivity contribution in [3.8, 4) is 0 Å². The first kappa shape index (κ1) is 14.5. The maximum Gasteiger partial charge on any atom is 0.245 e. The quantitative estimate of drug-likeness (QED) is 0.678. The summed E-state index contributed by atoms with van der Waals surface area (Å²) in [5.74, 6) is 0.169. The van der Waals surface area contributed by atoms with Crippen molar-refractivity contribution in [2.75, 3.05) is 0 Å². The number of carbonyl (C=O) groups is 1. The van der Waals surface area contributed by atoms with Gasteiger partial charge in [-0.05, 0) is 49.6 Å². The van der Waals surface area contributed by atoms with Crippen LogP contribution in [0, 0.1) is 13.8 Å². The second-order valence-electron chi connectivity index (χ2n) is 5.98. The van der Waals surface area contributed by atoms with Gasteiger partial charge in [0.1, 0.15) is 13.1 Å². The molecular weight excluding hydrogens is 272 g/mol. The summed E-state index contributed by atoms with van der Waals surface area (Å²) in [7, 11) is 0. The zero-order valence-electron chi connectivity index (χ0n) is 13.3. The van der Waals surface area contributed by atoms with Crippen LogP contribution in [-0.2, 0) is 17.9 Å². The molecule has 3 rings (SSSR count). The van der Waals surface area contributed by atoms with Gasteiger partial charge in [0, 0.05) is 0 Å². The number of fused-ring (bicyclic) bond motifs is 1. The lowest BCUT2D eigenvalue weighted by Gasteiger charge is -2.01. The van der Waals surface area contributed by atoms with E-state index in [1.165, 1.54) is 22.2 Å². The number of rotatable bonds is 4. The van der Waals surface area contributed by atoms with Gasteiger partial charge in [-0.2, -0.15) is 0 Å². The highest BCUT2D eigenvalue weighted by Crippen LogP contribution is 2.18. The van der Waals surface area contributed by atoms with Crippen LogP contribution in [0.3, 0.4) is 0 Å². The molecule has 1 aromatic heterocycles. The average molecular weight is 293 g/mol. The maximum absolute atomic E-state index is 11.5. The Kier molecular flexibility index (Phi) is 3.80. The first-order valence-electron chi connectivity index (χ1n) is 7.57. The Morgan fingerprint density at radius 3 is 2.45 bits per heavy atom. The molecule has 0 amide bonds. The van der Waals surface area contributed by atoms with Crippen LogP contribution < -0.4 is 4.57 Å². The van der Waals surface area contributed by atoms with Crippen molar-refractivity contribution >= 4 is 16.8 Å². The number of carbonyl (C=O) groups excluding carboxylic acids is 1. The number of aromatic nitrogens is 2. The van der Waals surface area contributed by atoms with E-state index in [2.05, 4.69) is 61.1 Å². The minimum absolute atomic E-state index is 0.169. The summed E-state index contributed by atoms with van der Waals surface area (Å²) in [4.78, 5) is 11.5. The van der Waals surface area contributed by atoms with E-state index in [-0.39, 0.29) is 5.78 Å². The Morgan fingerprint density at radius 2 is 1.77 bits per heavy atom. The molecule has 0 aliphatic rings. The van der Waals surface area contributed by atoms with Crippen LogP contribution in [0.2, 0.25) is 0 Å². The summed E-state index contributed by atoms with van der Waals surface area (Å²) < 4.78 is 4.27. The minimum atomic E-state index is 0.169. The fourth-order valence-corrected chi connectivity index (χ4v) is 2.81. The van der Waals surface area contributed by atoms with Gasteiger partial charge < -0.3 is 0 Å². The normalized spacial score (nSPS) is 11.0. The van der Waals surface area contributed by atoms with E-state index in [4.69, 9.17) is 0 Å². The third kappa shape index (κ3) is 2.80. The lowest BCUT2D eigenvalue weighted by atomic mass is 10.1. The Bertz CT molecular complexity index is 832. The third-order valence-corrected chi connectivity index (χ3v) is 4.08. The number of aryl methyl sites for hydroxylation is 2. The first-order chi connectivity index (χ1) is 10.5. The van der Waals surface area contributed by atoms with Gasteiger partial charge in [-0.1, -0.05) is 30.3 Å². The summed E-state index contributed by atoms with van der Waals surface area (Å²) in [6.45, 7) is 7.10. The zero-order valence-corrected chi connectivity index (χ0v) is 13.3. The molecule has 112 valence electrons. The molecule has 0 atom stereocenters. The number of hydrogen-bond donors (Lipinski definition) is 0. The average Bonchev–Trinajstić information content (AvgIpc) is 2.77. The number of benzene rings is 2. The standard InChI is InChI=1S/C19H21N2O/c1-14-9-18-19(10-15(14)2)21(13-20(18)11-16(3)22)12-17-7-5-4-6-8-17/h4-10,13H,11-12H2,1-3H3/q+1. The van der Waals surface area contributed by atoms with E-state index in [1.807, 2.05) is 10.6 Å². The maximum atomic E-state index is 11.5. The molecular formula is C19H21N2O+. The summed E-state index contributed by atoms with van der Waals surface area (Å²) in [5.41, 5.74) is 6.08. The Balaban J connectivity index is 2.13. The van der Waals surface area contributed by atoms with Gasteiger partial charge in [0.2, 0.25) is 6.33 Å². The van der Waals surface area contributed by atoms with E-state index in [9.17, 15) is 4.79 Å². The smallest absolute Gasteiger partial charge is 0.245 e. The van der Waals surface area contributed by atoms with Crippen molar-refractivity contribution in [3.63, 3.8) is 0 Å². The van der Waals surface area contributed by atoms with Gasteiger partial charge >= 0.3 is 0 Å². The van der Waals surface area contributed by atoms with Crippen LogP contribution in [-0.4, -0.2) is 10.4 Å². The summed E-state index contributed by atoms with van der Waals surface area (Å²) in [6, 6.07) is 14.8. The van der Waals surface area contributed by atoms with Crippen LogP contribution in [0.15, 0.2) is 48.8 Å². The van der Waals surface area contributed by atoms with Gasteiger partial charge in [-0.15, -0.1) is 0 Å². The minimum Gasteiger partial charge on any atom is -0.296 e. The van der Waals surface area contributed by atoms with Crippen LogP contribution in [0.4, 0.5) is 0 Å². The molecule has 1 heterocycles. The predicted octanol–water partition coefficient (Wildman–Crippen LogP) is 3.18. The molecule has 0 spiro atoms. The lowest BCUT2D eigenvalue weighted by molar-refractivity contribution is -0.663. The first-order valence-corrected chi connectivity index (χ1v) is 7.57. The fourth-order valence-electron chi connectivity index (χ4n) is 2.81. The monoisotopic (exact) mass is 293 g/mol. The van der Waals surface area contributed by atoms with Crippen LogP contribution in [0.1, 0.15) is 23.6 Å². The largest absolute Gasteiger partial charge is 0.296 e. The molecule has 0 radical (unpaired) electrons. The van der Waals surface area contributed by atoms with Gasteiger partial charge in [-0.3, -0.25) is 4.79 Å². The Labute approximate surface area is 130 Å². The van der Waals surface area contributed by atoms with Crippen molar-refractivity contribution < 1.29 is 9.36 Å². The molecule has 2 aromatic carbocycles. The van der Waals surface area contributed by atoms with Crippen molar-refractivity contribution in [3.05, 3.63) is 65.5 Å². The molecule has 3 nitrogen and oxygen atoms in total. The number of Topliss-reactive ketones (excluding diaryl/α,β-unsaturated/α-hetero) is 1. The zero-order chi connectivity index (χ0) is 15.7. The molecule has 3 heteroatoms. The highest BCUT2D eigenvalue weighted by Gasteiger charge is 2.18. The molecule has 22 heavy (non-hydrogen) atoms. The summed E-state index contributed by atoms with van der Waals surface area (Å²) >= 11 is 0. The number of nitrogens with zero attached hydrogens (tertiary/aromatic N) is 2. The summed E-state index contributed by atoms with van der Waals surface area (Å²) in [6.07, 6.45) is 2.05. The van der Waals surface area contributed by atoms with Gasteiger partial charge in [-0.25, -0.2) is 9.13 Å². The molecule has 0 aliphatic heterocycles. The molecule has 0 fully saturated rings. The van der Waals surface area contributed by atoms with Crippen LogP contribution >= 0.6 is 0 Å². The number of imidazole rings is 1. The number of ketones is 1. The third-order valence-electron chi connectivity index (χ3n) is 4.08. The molecule has 3 aromatic rings. The van der Waals surface area contributed by atoms with Gasteiger partial charge in [0.15, 0.2) is 16.8 Å². The van der Waals surface area contributed by atoms with E-state index in [0.29, 0.717) is 6.54 Å². The van der Waals surface area contributed by atoms with Crippen LogP contribution in [0.5, 0.6) is 0 Å². The van der Waals surface area contributed by atoms with Crippen LogP contribution in [0.25, 0.3) is 11.0 Å². The highest BCUT2D eigenvalue weighted by atomic mass is 16.1. The second-order valence-corrected chi connectivity index (χ2v) is 5.98. The topological polar surface area (TPSA) is 25.9 Å². The van der Waals surface area contributed by atoms with E-state index in [0.717, 1.165) is 12.1 Å². The molecule has 0 saturated heterocycles. The van der Waals surface area contributed by atoms with Crippen molar-refractivity contribution in [2.24, 2.45) is 0 Å². The van der Waals surface area contributed by atoms with Crippen molar-refractivity contribution in [1.82, 2.24) is 4.57 Å². The second kappa shape index (κ2) is 5.76. The SMILES string of the molecule is CC(=O)Cn1c[n+](Cc2ccccc2)c2cc(C)c(C)cc21. The Morgan fingerprint density at radius 1 is 1.09 bits per heavy atom. The van der Waals surface area contributed by atoms with E-state index in [1.54, 1.807) is 6.92 Å². The molecule has 0 unspecified atom stereocenters. The fraction of sp³-hybridized carbons (Fsp3) is 0.263. The van der Waals surface area contributed by atoms with Gasteiger partial charge in [0.05, 0.1) is 0 Å². The molecule has 0 aliphatic carbocycles. The molecule has 0 saturated carbocycles. The molecule has 0 N–H and O–H groups in total. The summed E-state index contributed by atoms with van der Waals surface area (Å²) in [5, 5.41) is 0. The Hall–Kier alpha value is -2.42. The van der Waals surface area contributed by atoms with Crippen molar-refractivity contribution in [1.29, 1.82) is 0 Å². The van der Waals surface area contributed by atoms with Gasteiger partial charge in [0.25, 0.3) is 0 Å². The predicted molar refractivity (Wildman–Crippen MR) is 87.8 cm³/mol. The lowest BCUT2D eigenvalue weighted by Crippen LogP contribution is -2.33. The highest BCUT2D eigenvalue weighted by molar-refractivity contribution is 5.79. The van der Waals surface area contributed by atoms with Crippen molar-refractivity contribution in [2.45, 2.75) is 33.9 Å².